The van der Waals surface area contributed by atoms with E-state index in [0.717, 1.165) is 28.4 Å². The summed E-state index contributed by atoms with van der Waals surface area (Å²) in [6.45, 7) is 1.68. The van der Waals surface area contributed by atoms with Crippen LogP contribution in [-0.2, 0) is 13.0 Å². The SMILES string of the molecule is COc1ccc(OCCn2c(CCNC(=O)c3ccccc3)nc3ccccc32)cc1. The van der Waals surface area contributed by atoms with Gasteiger partial charge in [-0.2, -0.15) is 0 Å². The molecule has 6 heteroatoms. The number of benzene rings is 3. The van der Waals surface area contributed by atoms with Crippen molar-refractivity contribution >= 4 is 16.9 Å². The molecule has 0 bridgehead atoms. The third-order valence-electron chi connectivity index (χ3n) is 5.05. The number of carbonyl (C=O) groups is 1. The van der Waals surface area contributed by atoms with Gasteiger partial charge < -0.3 is 19.4 Å². The Kier molecular flexibility index (Phi) is 6.47. The highest BCUT2D eigenvalue weighted by Crippen LogP contribution is 2.19. The molecule has 0 fully saturated rings. The Labute approximate surface area is 181 Å². The predicted molar refractivity (Wildman–Crippen MR) is 121 cm³/mol. The number of hydrogen-bond acceptors (Lipinski definition) is 4. The zero-order valence-electron chi connectivity index (χ0n) is 17.5. The van der Waals surface area contributed by atoms with Crippen molar-refractivity contribution in [3.8, 4) is 11.5 Å². The van der Waals surface area contributed by atoms with E-state index in [-0.39, 0.29) is 5.91 Å². The van der Waals surface area contributed by atoms with Gasteiger partial charge in [-0.25, -0.2) is 4.98 Å². The Morgan fingerprint density at radius 1 is 0.935 bits per heavy atom. The lowest BCUT2D eigenvalue weighted by atomic mass is 10.2. The summed E-state index contributed by atoms with van der Waals surface area (Å²) in [7, 11) is 1.64. The molecule has 4 aromatic rings. The molecule has 0 radical (unpaired) electrons. The first kappa shape index (κ1) is 20.5. The van der Waals surface area contributed by atoms with Crippen LogP contribution in [0.5, 0.6) is 11.5 Å². The fraction of sp³-hybridized carbons (Fsp3) is 0.200. The fourth-order valence-electron chi connectivity index (χ4n) is 3.47. The minimum Gasteiger partial charge on any atom is -0.497 e. The molecule has 0 atom stereocenters. The second-order valence-corrected chi connectivity index (χ2v) is 7.06. The highest BCUT2D eigenvalue weighted by atomic mass is 16.5. The smallest absolute Gasteiger partial charge is 0.251 e. The van der Waals surface area contributed by atoms with Crippen LogP contribution in [0.3, 0.4) is 0 Å². The Morgan fingerprint density at radius 3 is 2.42 bits per heavy atom. The van der Waals surface area contributed by atoms with E-state index in [1.807, 2.05) is 60.7 Å². The van der Waals surface area contributed by atoms with Crippen LogP contribution in [0.2, 0.25) is 0 Å². The van der Waals surface area contributed by atoms with Crippen LogP contribution in [0.15, 0.2) is 78.9 Å². The lowest BCUT2D eigenvalue weighted by Crippen LogP contribution is -2.26. The van der Waals surface area contributed by atoms with Crippen molar-refractivity contribution in [1.82, 2.24) is 14.9 Å². The zero-order chi connectivity index (χ0) is 21.5. The summed E-state index contributed by atoms with van der Waals surface area (Å²) >= 11 is 0. The summed E-state index contributed by atoms with van der Waals surface area (Å²) in [5, 5.41) is 2.98. The van der Waals surface area contributed by atoms with Gasteiger partial charge in [-0.15, -0.1) is 0 Å². The van der Waals surface area contributed by atoms with E-state index in [1.54, 1.807) is 19.2 Å². The van der Waals surface area contributed by atoms with Crippen molar-refractivity contribution in [3.63, 3.8) is 0 Å². The van der Waals surface area contributed by atoms with Crippen molar-refractivity contribution in [2.24, 2.45) is 0 Å². The summed E-state index contributed by atoms with van der Waals surface area (Å²) in [4.78, 5) is 17.1. The number of nitrogens with one attached hydrogen (secondary N) is 1. The number of hydrogen-bond donors (Lipinski definition) is 1. The number of nitrogens with zero attached hydrogens (tertiary/aromatic N) is 2. The largest absolute Gasteiger partial charge is 0.497 e. The maximum Gasteiger partial charge on any atom is 0.251 e. The van der Waals surface area contributed by atoms with Crippen molar-refractivity contribution in [2.45, 2.75) is 13.0 Å². The molecule has 3 aromatic carbocycles. The Bertz CT molecular complexity index is 1140. The van der Waals surface area contributed by atoms with Gasteiger partial charge in [0.2, 0.25) is 0 Å². The van der Waals surface area contributed by atoms with Crippen molar-refractivity contribution in [2.75, 3.05) is 20.3 Å². The van der Waals surface area contributed by atoms with Crippen molar-refractivity contribution < 1.29 is 14.3 Å². The summed E-state index contributed by atoms with van der Waals surface area (Å²) in [6.07, 6.45) is 0.635. The number of imidazole rings is 1. The average molecular weight is 415 g/mol. The van der Waals surface area contributed by atoms with E-state index >= 15 is 0 Å². The molecule has 0 unspecified atom stereocenters. The number of ether oxygens (including phenoxy) is 2. The van der Waals surface area contributed by atoms with E-state index in [2.05, 4.69) is 16.0 Å². The molecule has 0 saturated heterocycles. The Hall–Kier alpha value is -3.80. The van der Waals surface area contributed by atoms with Gasteiger partial charge in [0, 0.05) is 18.5 Å². The molecule has 0 saturated carbocycles. The summed E-state index contributed by atoms with van der Waals surface area (Å²) in [5.41, 5.74) is 2.66. The Morgan fingerprint density at radius 2 is 1.65 bits per heavy atom. The first-order chi connectivity index (χ1) is 15.2. The second-order valence-electron chi connectivity index (χ2n) is 7.06. The van der Waals surface area contributed by atoms with Crippen LogP contribution >= 0.6 is 0 Å². The molecule has 4 rings (SSSR count). The first-order valence-electron chi connectivity index (χ1n) is 10.3. The lowest BCUT2D eigenvalue weighted by molar-refractivity contribution is 0.0954. The number of aromatic nitrogens is 2. The number of methoxy groups -OCH3 is 1. The molecular weight excluding hydrogens is 390 g/mol. The maximum absolute atomic E-state index is 12.3. The van der Waals surface area contributed by atoms with Gasteiger partial charge in [0.15, 0.2) is 0 Å². The van der Waals surface area contributed by atoms with Crippen LogP contribution < -0.4 is 14.8 Å². The van der Waals surface area contributed by atoms with E-state index in [1.165, 1.54) is 0 Å². The van der Waals surface area contributed by atoms with Gasteiger partial charge in [-0.05, 0) is 48.5 Å². The van der Waals surface area contributed by atoms with Crippen LogP contribution in [0.1, 0.15) is 16.2 Å². The first-order valence-corrected chi connectivity index (χ1v) is 10.3. The Balaban J connectivity index is 1.41. The minimum atomic E-state index is -0.0777. The average Bonchev–Trinajstić information content (AvgIpc) is 3.17. The molecule has 31 heavy (non-hydrogen) atoms. The number of rotatable bonds is 9. The topological polar surface area (TPSA) is 65.4 Å². The van der Waals surface area contributed by atoms with Gasteiger partial charge in [0.25, 0.3) is 5.91 Å². The van der Waals surface area contributed by atoms with Gasteiger partial charge in [-0.1, -0.05) is 30.3 Å². The highest BCUT2D eigenvalue weighted by molar-refractivity contribution is 5.94. The van der Waals surface area contributed by atoms with Crippen LogP contribution in [0.25, 0.3) is 11.0 Å². The molecule has 1 amide bonds. The van der Waals surface area contributed by atoms with Crippen molar-refractivity contribution in [1.29, 1.82) is 0 Å². The minimum absolute atomic E-state index is 0.0777. The molecule has 1 N–H and O–H groups in total. The number of carbonyl (C=O) groups excluding carboxylic acids is 1. The third kappa shape index (κ3) is 5.04. The molecule has 0 aliphatic carbocycles. The molecule has 158 valence electrons. The highest BCUT2D eigenvalue weighted by Gasteiger charge is 2.11. The quantitative estimate of drug-likeness (QED) is 0.447. The predicted octanol–water partition coefficient (Wildman–Crippen LogP) is 4.10. The zero-order valence-corrected chi connectivity index (χ0v) is 17.5. The second kappa shape index (κ2) is 9.80. The van der Waals surface area contributed by atoms with E-state index in [4.69, 9.17) is 14.5 Å². The van der Waals surface area contributed by atoms with E-state index in [0.29, 0.717) is 31.7 Å². The standard InChI is InChI=1S/C25H25N3O3/c1-30-20-11-13-21(14-12-20)31-18-17-28-23-10-6-5-9-22(23)27-24(28)15-16-26-25(29)19-7-3-2-4-8-19/h2-14H,15-18H2,1H3,(H,26,29). The van der Waals surface area contributed by atoms with E-state index in [9.17, 15) is 4.79 Å². The van der Waals surface area contributed by atoms with Gasteiger partial charge in [0.05, 0.1) is 24.7 Å². The van der Waals surface area contributed by atoms with Crippen LogP contribution in [-0.4, -0.2) is 35.7 Å². The fourth-order valence-corrected chi connectivity index (χ4v) is 3.47. The normalized spacial score (nSPS) is 10.7. The molecule has 1 heterocycles. The lowest BCUT2D eigenvalue weighted by Gasteiger charge is -2.12. The number of fused-ring (bicyclic) bond motifs is 1. The van der Waals surface area contributed by atoms with Gasteiger partial charge in [0.1, 0.15) is 23.9 Å². The van der Waals surface area contributed by atoms with Gasteiger partial charge >= 0.3 is 0 Å². The van der Waals surface area contributed by atoms with Gasteiger partial charge in [-0.3, -0.25) is 4.79 Å². The molecule has 0 aliphatic rings. The molecule has 6 nitrogen and oxygen atoms in total. The number of para-hydroxylation sites is 2. The number of amides is 1. The molecule has 1 aromatic heterocycles. The molecular formula is C25H25N3O3. The van der Waals surface area contributed by atoms with Crippen LogP contribution in [0.4, 0.5) is 0 Å². The molecule has 0 spiro atoms. The summed E-state index contributed by atoms with van der Waals surface area (Å²) in [6, 6.07) is 24.8. The maximum atomic E-state index is 12.3. The van der Waals surface area contributed by atoms with Crippen molar-refractivity contribution in [3.05, 3.63) is 90.3 Å². The summed E-state index contributed by atoms with van der Waals surface area (Å²) in [5.74, 6) is 2.44. The van der Waals surface area contributed by atoms with E-state index < -0.39 is 0 Å². The van der Waals surface area contributed by atoms with Crippen LogP contribution in [0, 0.1) is 0 Å². The third-order valence-corrected chi connectivity index (χ3v) is 5.05. The summed E-state index contributed by atoms with van der Waals surface area (Å²) < 4.78 is 13.3. The monoisotopic (exact) mass is 415 g/mol. The molecule has 0 aliphatic heterocycles.